The summed E-state index contributed by atoms with van der Waals surface area (Å²) in [6.45, 7) is 10.6. The second-order valence-electron chi connectivity index (χ2n) is 11.7. The van der Waals surface area contributed by atoms with Crippen LogP contribution in [-0.2, 0) is 12.0 Å². The van der Waals surface area contributed by atoms with Crippen LogP contribution in [0.4, 0.5) is 0 Å². The summed E-state index contributed by atoms with van der Waals surface area (Å²) in [6, 6.07) is 8.56. The van der Waals surface area contributed by atoms with Crippen molar-refractivity contribution in [1.29, 1.82) is 0 Å². The van der Waals surface area contributed by atoms with Gasteiger partial charge >= 0.3 is 0 Å². The molecule has 0 aliphatic carbocycles. The van der Waals surface area contributed by atoms with Crippen molar-refractivity contribution in [3.05, 3.63) is 40.5 Å². The number of nitrogens with zero attached hydrogens (tertiary/aromatic N) is 3. The molecule has 0 aliphatic rings. The van der Waals surface area contributed by atoms with Crippen molar-refractivity contribution >= 4 is 17.2 Å². The molecular formula is C31H50ClN5. The maximum atomic E-state index is 6.56. The third-order valence-corrected chi connectivity index (χ3v) is 7.57. The first-order valence-electron chi connectivity index (χ1n) is 14.8. The molecule has 3 aromatic rings. The molecule has 37 heavy (non-hydrogen) atoms. The van der Waals surface area contributed by atoms with Gasteiger partial charge in [0.1, 0.15) is 5.02 Å². The van der Waals surface area contributed by atoms with E-state index in [0.29, 0.717) is 5.02 Å². The van der Waals surface area contributed by atoms with Crippen LogP contribution in [0.1, 0.15) is 129 Å². The summed E-state index contributed by atoms with van der Waals surface area (Å²) in [7, 11) is 0. The molecule has 0 atom stereocenters. The van der Waals surface area contributed by atoms with Gasteiger partial charge in [-0.25, -0.2) is 0 Å². The molecule has 5 nitrogen and oxygen atoms in total. The standard InChI is InChI=1S/C31H50ClN5/c1-5-6-7-8-9-10-11-12-13-14-15-16-17-18-23-33-24-25-19-21-26(22-20-25)29-34-30-27(32)28(31(2,3)4)35-37(30)36-29/h19-22,33H,5-18,23-24H2,1-4H3,(H,34,36). The summed E-state index contributed by atoms with van der Waals surface area (Å²) < 4.78 is 1.62. The number of H-pyrrole nitrogens is 1. The number of nitrogens with one attached hydrogen (secondary N) is 2. The van der Waals surface area contributed by atoms with Crippen LogP contribution in [0.15, 0.2) is 24.3 Å². The molecule has 0 aliphatic heterocycles. The van der Waals surface area contributed by atoms with E-state index in [0.717, 1.165) is 35.8 Å². The Bertz CT molecular complexity index is 1030. The first-order valence-corrected chi connectivity index (χ1v) is 15.2. The van der Waals surface area contributed by atoms with Crippen LogP contribution in [-0.4, -0.2) is 26.4 Å². The largest absolute Gasteiger partial charge is 0.320 e. The Kier molecular flexibility index (Phi) is 12.5. The zero-order chi connectivity index (χ0) is 26.5. The molecule has 0 saturated carbocycles. The van der Waals surface area contributed by atoms with Crippen LogP contribution >= 0.6 is 11.6 Å². The smallest absolute Gasteiger partial charge is 0.175 e. The molecule has 2 aromatic heterocycles. The fraction of sp³-hybridized carbons (Fsp3) is 0.677. The van der Waals surface area contributed by atoms with E-state index in [4.69, 9.17) is 11.6 Å². The van der Waals surface area contributed by atoms with Gasteiger partial charge in [0.15, 0.2) is 11.5 Å². The summed E-state index contributed by atoms with van der Waals surface area (Å²) in [6.07, 6.45) is 19.7. The highest BCUT2D eigenvalue weighted by Gasteiger charge is 2.25. The Morgan fingerprint density at radius 1 is 0.784 bits per heavy atom. The van der Waals surface area contributed by atoms with Crippen molar-refractivity contribution in [2.75, 3.05) is 6.54 Å². The van der Waals surface area contributed by atoms with Gasteiger partial charge in [-0.2, -0.15) is 5.10 Å². The Labute approximate surface area is 230 Å². The number of fused-ring (bicyclic) bond motifs is 1. The van der Waals surface area contributed by atoms with Gasteiger partial charge in [0.05, 0.1) is 5.69 Å². The first kappa shape index (κ1) is 29.7. The highest BCUT2D eigenvalue weighted by atomic mass is 35.5. The van der Waals surface area contributed by atoms with E-state index in [1.807, 2.05) is 0 Å². The van der Waals surface area contributed by atoms with E-state index >= 15 is 0 Å². The number of hydrogen-bond acceptors (Lipinski definition) is 3. The summed E-state index contributed by atoms with van der Waals surface area (Å²) in [5, 5.41) is 13.4. The predicted octanol–water partition coefficient (Wildman–Crippen LogP) is 9.25. The van der Waals surface area contributed by atoms with Crippen LogP contribution < -0.4 is 5.32 Å². The van der Waals surface area contributed by atoms with E-state index in [1.54, 1.807) is 4.63 Å². The fourth-order valence-corrected chi connectivity index (χ4v) is 5.31. The third-order valence-electron chi connectivity index (χ3n) is 7.22. The number of hydrogen-bond donors (Lipinski definition) is 2. The summed E-state index contributed by atoms with van der Waals surface area (Å²) >= 11 is 6.56. The predicted molar refractivity (Wildman–Crippen MR) is 159 cm³/mol. The number of rotatable bonds is 18. The highest BCUT2D eigenvalue weighted by Crippen LogP contribution is 2.31. The van der Waals surface area contributed by atoms with Gasteiger partial charge in [0, 0.05) is 17.5 Å². The molecule has 0 spiro atoms. The molecule has 0 unspecified atom stereocenters. The molecule has 3 rings (SSSR count). The van der Waals surface area contributed by atoms with Crippen molar-refractivity contribution in [1.82, 2.24) is 25.1 Å². The van der Waals surface area contributed by atoms with Gasteiger partial charge in [0.2, 0.25) is 0 Å². The molecule has 0 bridgehead atoms. The number of halogens is 1. The minimum absolute atomic E-state index is 0.118. The average Bonchev–Trinajstić information content (AvgIpc) is 3.43. The second kappa shape index (κ2) is 15.5. The fourth-order valence-electron chi connectivity index (χ4n) is 4.86. The molecule has 0 amide bonds. The van der Waals surface area contributed by atoms with Crippen molar-refractivity contribution in [3.63, 3.8) is 0 Å². The zero-order valence-electron chi connectivity index (χ0n) is 23.8. The lowest BCUT2D eigenvalue weighted by molar-refractivity contribution is 0.529. The van der Waals surface area contributed by atoms with Crippen molar-refractivity contribution in [3.8, 4) is 11.4 Å². The lowest BCUT2D eigenvalue weighted by Crippen LogP contribution is -2.14. The van der Waals surface area contributed by atoms with E-state index < -0.39 is 0 Å². The maximum Gasteiger partial charge on any atom is 0.175 e. The average molecular weight is 528 g/mol. The van der Waals surface area contributed by atoms with Crippen LogP contribution in [0.5, 0.6) is 0 Å². The van der Waals surface area contributed by atoms with E-state index in [2.05, 4.69) is 72.5 Å². The molecule has 206 valence electrons. The minimum atomic E-state index is -0.118. The number of unbranched alkanes of at least 4 members (excludes halogenated alkanes) is 13. The topological polar surface area (TPSA) is 58.0 Å². The van der Waals surface area contributed by atoms with Crippen LogP contribution in [0, 0.1) is 0 Å². The SMILES string of the molecule is CCCCCCCCCCCCCCCCNCc1ccc(-c2nn3nc(C(C)(C)C)c(Cl)c3[nH]2)cc1. The van der Waals surface area contributed by atoms with Crippen molar-refractivity contribution in [2.24, 2.45) is 0 Å². The van der Waals surface area contributed by atoms with Gasteiger partial charge < -0.3 is 10.3 Å². The summed E-state index contributed by atoms with van der Waals surface area (Å²) in [4.78, 5) is 3.34. The summed E-state index contributed by atoms with van der Waals surface area (Å²) in [5.41, 5.74) is 3.82. The van der Waals surface area contributed by atoms with Gasteiger partial charge in [0.25, 0.3) is 0 Å². The summed E-state index contributed by atoms with van der Waals surface area (Å²) in [5.74, 6) is 0.784. The van der Waals surface area contributed by atoms with Crippen LogP contribution in [0.25, 0.3) is 17.0 Å². The Hall–Kier alpha value is -1.85. The van der Waals surface area contributed by atoms with E-state index in [9.17, 15) is 0 Å². The molecular weight excluding hydrogens is 478 g/mol. The Morgan fingerprint density at radius 3 is 1.84 bits per heavy atom. The molecule has 0 radical (unpaired) electrons. The maximum absolute atomic E-state index is 6.56. The number of aromatic nitrogens is 4. The van der Waals surface area contributed by atoms with Crippen molar-refractivity contribution in [2.45, 2.75) is 130 Å². The zero-order valence-corrected chi connectivity index (χ0v) is 24.6. The third kappa shape index (κ3) is 9.76. The highest BCUT2D eigenvalue weighted by molar-refractivity contribution is 6.34. The lowest BCUT2D eigenvalue weighted by Gasteiger charge is -2.14. The van der Waals surface area contributed by atoms with E-state index in [1.165, 1.54) is 95.5 Å². The lowest BCUT2D eigenvalue weighted by atomic mass is 9.92. The van der Waals surface area contributed by atoms with Crippen LogP contribution in [0.2, 0.25) is 5.02 Å². The Balaban J connectivity index is 1.24. The van der Waals surface area contributed by atoms with Gasteiger partial charge in [-0.15, -0.1) is 9.73 Å². The van der Waals surface area contributed by atoms with Crippen molar-refractivity contribution < 1.29 is 0 Å². The number of benzene rings is 1. The van der Waals surface area contributed by atoms with Gasteiger partial charge in [-0.05, 0) is 18.5 Å². The number of aromatic amines is 1. The first-order chi connectivity index (χ1) is 17.9. The van der Waals surface area contributed by atoms with Gasteiger partial charge in [-0.1, -0.05) is 147 Å². The minimum Gasteiger partial charge on any atom is -0.320 e. The monoisotopic (exact) mass is 527 g/mol. The van der Waals surface area contributed by atoms with Gasteiger partial charge in [-0.3, -0.25) is 0 Å². The Morgan fingerprint density at radius 2 is 1.32 bits per heavy atom. The second-order valence-corrected chi connectivity index (χ2v) is 12.1. The van der Waals surface area contributed by atoms with E-state index in [-0.39, 0.29) is 5.41 Å². The quantitative estimate of drug-likeness (QED) is 0.162. The molecule has 0 fully saturated rings. The molecule has 1 aromatic carbocycles. The molecule has 2 heterocycles. The van der Waals surface area contributed by atoms with Crippen LogP contribution in [0.3, 0.4) is 0 Å². The molecule has 2 N–H and O–H groups in total. The normalized spacial score (nSPS) is 12.1. The molecule has 6 heteroatoms. The molecule has 0 saturated heterocycles.